The quantitative estimate of drug-likeness (QED) is 0.825. The molecule has 0 aromatic carbocycles. The highest BCUT2D eigenvalue weighted by Crippen LogP contribution is 2.12. The van der Waals surface area contributed by atoms with Crippen LogP contribution >= 0.6 is 0 Å². The van der Waals surface area contributed by atoms with E-state index in [1.165, 1.54) is 6.42 Å². The van der Waals surface area contributed by atoms with Crippen LogP contribution < -0.4 is 5.32 Å². The van der Waals surface area contributed by atoms with Crippen LogP contribution in [0, 0.1) is 17.2 Å². The normalized spacial score (nSPS) is 13.9. The Morgan fingerprint density at radius 3 is 2.88 bits per heavy atom. The van der Waals surface area contributed by atoms with E-state index in [1.807, 2.05) is 6.07 Å². The topological polar surface area (TPSA) is 61.6 Å². The van der Waals surface area contributed by atoms with Gasteiger partial charge in [-0.1, -0.05) is 20.3 Å². The van der Waals surface area contributed by atoms with Crippen LogP contribution in [-0.4, -0.2) is 16.0 Å². The predicted molar refractivity (Wildman–Crippen MR) is 63.9 cm³/mol. The number of rotatable bonds is 5. The van der Waals surface area contributed by atoms with Crippen LogP contribution in [0.3, 0.4) is 0 Å². The minimum Gasteiger partial charge on any atom is -0.352 e. The molecule has 0 saturated heterocycles. The molecule has 1 heterocycles. The molecular weight excluding hydrogens is 200 g/mol. The van der Waals surface area contributed by atoms with Crippen LogP contribution in [0.4, 0.5) is 5.95 Å². The number of hydrogen-bond acceptors (Lipinski definition) is 4. The minimum atomic E-state index is 0.323. The Hall–Kier alpha value is -1.63. The van der Waals surface area contributed by atoms with Gasteiger partial charge in [0.25, 0.3) is 0 Å². The number of nitrogens with one attached hydrogen (secondary N) is 1. The van der Waals surface area contributed by atoms with Crippen molar-refractivity contribution in [3.63, 3.8) is 0 Å². The first-order valence-electron chi connectivity index (χ1n) is 5.65. The van der Waals surface area contributed by atoms with Gasteiger partial charge in [-0.15, -0.1) is 0 Å². The second kappa shape index (κ2) is 6.06. The molecule has 1 aromatic heterocycles. The third-order valence-corrected chi connectivity index (χ3v) is 2.60. The highest BCUT2D eigenvalue weighted by Gasteiger charge is 2.08. The summed E-state index contributed by atoms with van der Waals surface area (Å²) in [6, 6.07) is 3.93. The molecule has 0 fully saturated rings. The van der Waals surface area contributed by atoms with Gasteiger partial charge in [0.1, 0.15) is 11.8 Å². The zero-order valence-electron chi connectivity index (χ0n) is 10.1. The van der Waals surface area contributed by atoms with Crippen molar-refractivity contribution in [2.45, 2.75) is 39.7 Å². The molecule has 0 aliphatic rings. The van der Waals surface area contributed by atoms with Gasteiger partial charge in [-0.25, -0.2) is 9.97 Å². The highest BCUT2D eigenvalue weighted by atomic mass is 15.1. The van der Waals surface area contributed by atoms with Crippen molar-refractivity contribution in [1.82, 2.24) is 9.97 Å². The van der Waals surface area contributed by atoms with E-state index in [-0.39, 0.29) is 0 Å². The SMILES string of the molecule is CCC(C)CC(C)Nc1nccc(C#N)n1. The number of hydrogen-bond donors (Lipinski definition) is 1. The zero-order chi connectivity index (χ0) is 12.0. The first-order valence-corrected chi connectivity index (χ1v) is 5.65. The fourth-order valence-corrected chi connectivity index (χ4v) is 1.54. The Balaban J connectivity index is 2.56. The molecule has 1 aromatic rings. The second-order valence-corrected chi connectivity index (χ2v) is 4.17. The van der Waals surface area contributed by atoms with Gasteiger partial charge >= 0.3 is 0 Å². The largest absolute Gasteiger partial charge is 0.352 e. The van der Waals surface area contributed by atoms with E-state index in [0.29, 0.717) is 23.6 Å². The maximum Gasteiger partial charge on any atom is 0.224 e. The van der Waals surface area contributed by atoms with Gasteiger partial charge in [0.15, 0.2) is 0 Å². The number of anilines is 1. The average molecular weight is 218 g/mol. The molecular formula is C12H18N4. The Morgan fingerprint density at radius 2 is 2.25 bits per heavy atom. The summed E-state index contributed by atoms with van der Waals surface area (Å²) in [7, 11) is 0. The van der Waals surface area contributed by atoms with Gasteiger partial charge in [-0.3, -0.25) is 0 Å². The highest BCUT2D eigenvalue weighted by molar-refractivity contribution is 5.30. The molecule has 0 amide bonds. The second-order valence-electron chi connectivity index (χ2n) is 4.17. The maximum atomic E-state index is 8.71. The summed E-state index contributed by atoms with van der Waals surface area (Å²) in [5, 5.41) is 11.9. The lowest BCUT2D eigenvalue weighted by atomic mass is 10.0. The van der Waals surface area contributed by atoms with E-state index >= 15 is 0 Å². The monoisotopic (exact) mass is 218 g/mol. The van der Waals surface area contributed by atoms with Gasteiger partial charge in [-0.2, -0.15) is 5.26 Å². The van der Waals surface area contributed by atoms with E-state index < -0.39 is 0 Å². The van der Waals surface area contributed by atoms with Crippen LogP contribution in [0.2, 0.25) is 0 Å². The Labute approximate surface area is 96.7 Å². The molecule has 0 saturated carbocycles. The first kappa shape index (κ1) is 12.4. The average Bonchev–Trinajstić information content (AvgIpc) is 2.28. The van der Waals surface area contributed by atoms with Crippen LogP contribution in [0.15, 0.2) is 12.3 Å². The minimum absolute atomic E-state index is 0.323. The summed E-state index contributed by atoms with van der Waals surface area (Å²) < 4.78 is 0. The molecule has 0 radical (unpaired) electrons. The molecule has 0 bridgehead atoms. The first-order chi connectivity index (χ1) is 7.65. The summed E-state index contributed by atoms with van der Waals surface area (Å²) in [6.07, 6.45) is 3.85. The Morgan fingerprint density at radius 1 is 1.50 bits per heavy atom. The molecule has 0 aliphatic carbocycles. The summed E-state index contributed by atoms with van der Waals surface area (Å²) >= 11 is 0. The van der Waals surface area contributed by atoms with Crippen LogP contribution in [0.5, 0.6) is 0 Å². The van der Waals surface area contributed by atoms with E-state index in [9.17, 15) is 0 Å². The van der Waals surface area contributed by atoms with Crippen molar-refractivity contribution in [2.24, 2.45) is 5.92 Å². The van der Waals surface area contributed by atoms with Gasteiger partial charge in [0.05, 0.1) is 0 Å². The maximum absolute atomic E-state index is 8.71. The summed E-state index contributed by atoms with van der Waals surface area (Å²) in [5.74, 6) is 1.22. The van der Waals surface area contributed by atoms with Crippen molar-refractivity contribution in [3.05, 3.63) is 18.0 Å². The van der Waals surface area contributed by atoms with Gasteiger partial charge in [-0.05, 0) is 25.3 Å². The Kier molecular flexibility index (Phi) is 4.71. The van der Waals surface area contributed by atoms with Crippen molar-refractivity contribution in [2.75, 3.05) is 5.32 Å². The van der Waals surface area contributed by atoms with Gasteiger partial charge in [0.2, 0.25) is 5.95 Å². The molecule has 16 heavy (non-hydrogen) atoms. The molecule has 1 rings (SSSR count). The molecule has 0 aliphatic heterocycles. The summed E-state index contributed by atoms with van der Waals surface area (Å²) in [6.45, 7) is 6.52. The van der Waals surface area contributed by atoms with Crippen molar-refractivity contribution < 1.29 is 0 Å². The van der Waals surface area contributed by atoms with Crippen LogP contribution in [-0.2, 0) is 0 Å². The van der Waals surface area contributed by atoms with E-state index in [0.717, 1.165) is 6.42 Å². The van der Waals surface area contributed by atoms with Gasteiger partial charge < -0.3 is 5.32 Å². The molecule has 2 atom stereocenters. The molecule has 0 spiro atoms. The molecule has 1 N–H and O–H groups in total. The lowest BCUT2D eigenvalue weighted by Crippen LogP contribution is -2.19. The van der Waals surface area contributed by atoms with Crippen molar-refractivity contribution in [3.8, 4) is 6.07 Å². The molecule has 86 valence electrons. The lowest BCUT2D eigenvalue weighted by Gasteiger charge is -2.17. The van der Waals surface area contributed by atoms with Crippen LogP contribution in [0.25, 0.3) is 0 Å². The third kappa shape index (κ3) is 3.85. The van der Waals surface area contributed by atoms with Crippen LogP contribution in [0.1, 0.15) is 39.3 Å². The van der Waals surface area contributed by atoms with E-state index in [2.05, 4.69) is 36.1 Å². The van der Waals surface area contributed by atoms with Crippen molar-refractivity contribution >= 4 is 5.95 Å². The fraction of sp³-hybridized carbons (Fsp3) is 0.583. The fourth-order valence-electron chi connectivity index (χ4n) is 1.54. The molecule has 2 unspecified atom stereocenters. The Bertz CT molecular complexity index is 370. The number of nitrogens with zero attached hydrogens (tertiary/aromatic N) is 3. The van der Waals surface area contributed by atoms with Gasteiger partial charge in [0, 0.05) is 12.2 Å². The number of nitriles is 1. The van der Waals surface area contributed by atoms with E-state index in [1.54, 1.807) is 12.3 Å². The standard InChI is InChI=1S/C12H18N4/c1-4-9(2)7-10(3)15-12-14-6-5-11(8-13)16-12/h5-6,9-10H,4,7H2,1-3H3,(H,14,15,16). The summed E-state index contributed by atoms with van der Waals surface area (Å²) in [4.78, 5) is 8.17. The molecule has 4 nitrogen and oxygen atoms in total. The molecule has 4 heteroatoms. The predicted octanol–water partition coefficient (Wildman–Crippen LogP) is 2.58. The third-order valence-electron chi connectivity index (χ3n) is 2.60. The summed E-state index contributed by atoms with van der Waals surface area (Å²) in [5.41, 5.74) is 0.397. The van der Waals surface area contributed by atoms with E-state index in [4.69, 9.17) is 5.26 Å². The zero-order valence-corrected chi connectivity index (χ0v) is 10.1. The van der Waals surface area contributed by atoms with Crippen molar-refractivity contribution in [1.29, 1.82) is 5.26 Å². The smallest absolute Gasteiger partial charge is 0.224 e. The lowest BCUT2D eigenvalue weighted by molar-refractivity contribution is 0.482. The number of aromatic nitrogens is 2.